The Bertz CT molecular complexity index is 1100. The van der Waals surface area contributed by atoms with Crippen molar-refractivity contribution < 1.29 is 13.9 Å². The number of rotatable bonds is 5. The van der Waals surface area contributed by atoms with Crippen LogP contribution in [-0.4, -0.2) is 28.0 Å². The maximum Gasteiger partial charge on any atom is 0.291 e. The fourth-order valence-corrected chi connectivity index (χ4v) is 3.01. The van der Waals surface area contributed by atoms with Gasteiger partial charge in [-0.25, -0.2) is 4.68 Å². The second kappa shape index (κ2) is 7.69. The monoisotopic (exact) mass is 438 g/mol. The van der Waals surface area contributed by atoms with Gasteiger partial charge in [0.25, 0.3) is 5.91 Å². The number of aromatic nitrogens is 3. The fourth-order valence-electron chi connectivity index (χ4n) is 2.70. The molecule has 0 unspecified atom stereocenters. The Morgan fingerprint density at radius 2 is 1.82 bits per heavy atom. The van der Waals surface area contributed by atoms with E-state index in [0.717, 1.165) is 22.7 Å². The summed E-state index contributed by atoms with van der Waals surface area (Å²) in [6.07, 6.45) is 1.70. The van der Waals surface area contributed by atoms with Gasteiger partial charge < -0.3 is 14.5 Å². The largest absolute Gasteiger partial charge is 0.497 e. The van der Waals surface area contributed by atoms with E-state index in [1.165, 1.54) is 0 Å². The first-order chi connectivity index (χ1) is 13.6. The van der Waals surface area contributed by atoms with Gasteiger partial charge in [-0.1, -0.05) is 5.21 Å². The number of methoxy groups -OCH3 is 1. The van der Waals surface area contributed by atoms with E-state index in [0.29, 0.717) is 10.4 Å². The van der Waals surface area contributed by atoms with Crippen molar-refractivity contribution in [1.82, 2.24) is 15.0 Å². The third kappa shape index (κ3) is 3.67. The average Bonchev–Trinajstić information content (AvgIpc) is 3.38. The number of anilines is 1. The summed E-state index contributed by atoms with van der Waals surface area (Å²) in [6.45, 7) is 0. The molecule has 0 saturated heterocycles. The third-order valence-corrected chi connectivity index (χ3v) is 4.53. The molecule has 1 N–H and O–H groups in total. The van der Waals surface area contributed by atoms with Crippen LogP contribution in [0.3, 0.4) is 0 Å². The number of hydrogen-bond acceptors (Lipinski definition) is 5. The molecule has 140 valence electrons. The Morgan fingerprint density at radius 1 is 1.07 bits per heavy atom. The van der Waals surface area contributed by atoms with Crippen LogP contribution in [0.2, 0.25) is 0 Å². The summed E-state index contributed by atoms with van der Waals surface area (Å²) in [7, 11) is 1.63. The van der Waals surface area contributed by atoms with Gasteiger partial charge in [-0.05, 0) is 76.6 Å². The Hall–Kier alpha value is -3.39. The van der Waals surface area contributed by atoms with Crippen molar-refractivity contribution in [2.24, 2.45) is 0 Å². The number of ether oxygens (including phenoxy) is 1. The molecule has 7 nitrogen and oxygen atoms in total. The van der Waals surface area contributed by atoms with Crippen LogP contribution in [0, 0.1) is 0 Å². The summed E-state index contributed by atoms with van der Waals surface area (Å²) < 4.78 is 12.7. The van der Waals surface area contributed by atoms with E-state index in [4.69, 9.17) is 9.15 Å². The summed E-state index contributed by atoms with van der Waals surface area (Å²) in [5, 5.41) is 11.0. The highest BCUT2D eigenvalue weighted by atomic mass is 79.9. The van der Waals surface area contributed by atoms with Gasteiger partial charge in [0, 0.05) is 11.3 Å². The van der Waals surface area contributed by atoms with Crippen molar-refractivity contribution in [3.63, 3.8) is 0 Å². The highest BCUT2D eigenvalue weighted by Crippen LogP contribution is 2.24. The topological polar surface area (TPSA) is 82.2 Å². The number of amides is 1. The molecule has 0 fully saturated rings. The lowest BCUT2D eigenvalue weighted by atomic mass is 10.1. The zero-order chi connectivity index (χ0) is 19.5. The Balaban J connectivity index is 1.54. The molecule has 2 heterocycles. The Labute approximate surface area is 169 Å². The van der Waals surface area contributed by atoms with E-state index in [9.17, 15) is 4.79 Å². The van der Waals surface area contributed by atoms with Crippen LogP contribution in [0.5, 0.6) is 5.75 Å². The number of nitrogens with one attached hydrogen (secondary N) is 1. The number of furan rings is 1. The maximum atomic E-state index is 12.2. The first-order valence-electron chi connectivity index (χ1n) is 8.36. The number of halogens is 1. The molecule has 0 bridgehead atoms. The maximum absolute atomic E-state index is 12.2. The average molecular weight is 439 g/mol. The van der Waals surface area contributed by atoms with E-state index >= 15 is 0 Å². The predicted molar refractivity (Wildman–Crippen MR) is 108 cm³/mol. The summed E-state index contributed by atoms with van der Waals surface area (Å²) >= 11 is 3.18. The zero-order valence-electron chi connectivity index (χ0n) is 14.8. The molecule has 1 amide bonds. The number of carbonyl (C=O) groups is 1. The number of benzene rings is 2. The van der Waals surface area contributed by atoms with Gasteiger partial charge in [-0.15, -0.1) is 5.10 Å². The summed E-state index contributed by atoms with van der Waals surface area (Å²) in [4.78, 5) is 12.2. The molecule has 0 aliphatic rings. The van der Waals surface area contributed by atoms with Crippen LogP contribution in [0.4, 0.5) is 5.69 Å². The van der Waals surface area contributed by atoms with E-state index in [1.54, 1.807) is 42.3 Å². The minimum absolute atomic E-state index is 0.231. The number of carbonyl (C=O) groups excluding carboxylic acids is 1. The first kappa shape index (κ1) is 18.0. The number of nitrogens with zero attached hydrogens (tertiary/aromatic N) is 3. The highest BCUT2D eigenvalue weighted by molar-refractivity contribution is 9.10. The molecule has 0 spiro atoms. The van der Waals surface area contributed by atoms with Crippen LogP contribution in [-0.2, 0) is 0 Å². The summed E-state index contributed by atoms with van der Waals surface area (Å²) in [6, 6.07) is 18.2. The van der Waals surface area contributed by atoms with E-state index in [-0.39, 0.29) is 11.7 Å². The molecular weight excluding hydrogens is 424 g/mol. The molecule has 0 radical (unpaired) electrons. The molecule has 4 aromatic rings. The van der Waals surface area contributed by atoms with Gasteiger partial charge in [-0.3, -0.25) is 4.79 Å². The van der Waals surface area contributed by atoms with E-state index in [2.05, 4.69) is 31.6 Å². The molecule has 8 heteroatoms. The van der Waals surface area contributed by atoms with Crippen LogP contribution in [0.1, 0.15) is 10.6 Å². The van der Waals surface area contributed by atoms with E-state index in [1.807, 2.05) is 36.4 Å². The lowest BCUT2D eigenvalue weighted by Gasteiger charge is -2.09. The quantitative estimate of drug-likeness (QED) is 0.494. The molecule has 0 aliphatic carbocycles. The molecule has 0 atom stereocenters. The van der Waals surface area contributed by atoms with Crippen LogP contribution >= 0.6 is 15.9 Å². The predicted octanol–water partition coefficient (Wildman–Crippen LogP) is 4.55. The van der Waals surface area contributed by atoms with Crippen molar-refractivity contribution in [2.75, 3.05) is 12.4 Å². The van der Waals surface area contributed by atoms with E-state index < -0.39 is 0 Å². The first-order valence-corrected chi connectivity index (χ1v) is 9.15. The van der Waals surface area contributed by atoms with Crippen molar-refractivity contribution in [3.8, 4) is 22.7 Å². The molecular formula is C20H15BrN4O3. The molecule has 4 rings (SSSR count). The van der Waals surface area contributed by atoms with Crippen molar-refractivity contribution in [1.29, 1.82) is 0 Å². The second-order valence-electron chi connectivity index (χ2n) is 5.86. The van der Waals surface area contributed by atoms with Gasteiger partial charge in [0.1, 0.15) is 5.75 Å². The Morgan fingerprint density at radius 3 is 2.46 bits per heavy atom. The van der Waals surface area contributed by atoms with Gasteiger partial charge in [-0.2, -0.15) is 0 Å². The summed E-state index contributed by atoms with van der Waals surface area (Å²) in [5.74, 6) is 0.693. The standard InChI is InChI=1S/C20H15BrN4O3/c1-27-16-8-2-13(3-9-16)17-12-22-24-25(17)15-6-4-14(5-7-15)23-20(26)18-10-11-19(21)28-18/h2-12H,1H3,(H,23,26). The molecule has 2 aromatic carbocycles. The SMILES string of the molecule is COc1ccc(-c2cnnn2-c2ccc(NC(=O)c3ccc(Br)o3)cc2)cc1. The lowest BCUT2D eigenvalue weighted by molar-refractivity contribution is 0.0995. The zero-order valence-corrected chi connectivity index (χ0v) is 16.4. The van der Waals surface area contributed by atoms with Crippen LogP contribution in [0.25, 0.3) is 16.9 Å². The summed E-state index contributed by atoms with van der Waals surface area (Å²) in [5.41, 5.74) is 3.28. The molecule has 2 aromatic heterocycles. The van der Waals surface area contributed by atoms with Crippen molar-refractivity contribution in [3.05, 3.63) is 77.3 Å². The van der Waals surface area contributed by atoms with Crippen LogP contribution < -0.4 is 10.1 Å². The minimum atomic E-state index is -0.321. The smallest absolute Gasteiger partial charge is 0.291 e. The van der Waals surface area contributed by atoms with Crippen LogP contribution in [0.15, 0.2) is 75.9 Å². The highest BCUT2D eigenvalue weighted by Gasteiger charge is 2.12. The molecule has 0 aliphatic heterocycles. The van der Waals surface area contributed by atoms with Gasteiger partial charge in [0.15, 0.2) is 10.4 Å². The normalized spacial score (nSPS) is 10.6. The van der Waals surface area contributed by atoms with Gasteiger partial charge in [0.2, 0.25) is 0 Å². The Kier molecular flexibility index (Phi) is 4.94. The fraction of sp³-hybridized carbons (Fsp3) is 0.0500. The lowest BCUT2D eigenvalue weighted by Crippen LogP contribution is -2.10. The van der Waals surface area contributed by atoms with Gasteiger partial charge in [0.05, 0.1) is 24.7 Å². The second-order valence-corrected chi connectivity index (χ2v) is 6.65. The molecule has 0 saturated carbocycles. The molecule has 28 heavy (non-hydrogen) atoms. The van der Waals surface area contributed by atoms with Gasteiger partial charge >= 0.3 is 0 Å². The third-order valence-electron chi connectivity index (χ3n) is 4.10. The van der Waals surface area contributed by atoms with Crippen molar-refractivity contribution in [2.45, 2.75) is 0 Å². The number of hydrogen-bond donors (Lipinski definition) is 1. The van der Waals surface area contributed by atoms with Crippen molar-refractivity contribution >= 4 is 27.5 Å². The minimum Gasteiger partial charge on any atom is -0.497 e.